The Hall–Kier alpha value is -4.69. The molecule has 192 valence electrons. The van der Waals surface area contributed by atoms with Crippen LogP contribution in [0.3, 0.4) is 0 Å². The van der Waals surface area contributed by atoms with Crippen LogP contribution >= 0.6 is 0 Å². The van der Waals surface area contributed by atoms with Crippen molar-refractivity contribution in [2.45, 2.75) is 13.3 Å². The third kappa shape index (κ3) is 7.41. The average molecular weight is 507 g/mol. The Bertz CT molecular complexity index is 1430. The van der Waals surface area contributed by atoms with Crippen molar-refractivity contribution in [3.05, 3.63) is 114 Å². The van der Waals surface area contributed by atoms with Crippen LogP contribution in [0, 0.1) is 6.92 Å². The lowest BCUT2D eigenvalue weighted by atomic mass is 10.0. The van der Waals surface area contributed by atoms with Gasteiger partial charge in [0, 0.05) is 60.1 Å². The van der Waals surface area contributed by atoms with Crippen LogP contribution in [0.15, 0.2) is 91.4 Å². The van der Waals surface area contributed by atoms with Gasteiger partial charge in [-0.1, -0.05) is 12.1 Å². The van der Waals surface area contributed by atoms with Gasteiger partial charge in [-0.05, 0) is 86.7 Å². The normalized spacial score (nSPS) is 11.1. The monoisotopic (exact) mass is 506 g/mol. The maximum atomic E-state index is 12.9. The highest BCUT2D eigenvalue weighted by molar-refractivity contribution is 6.05. The maximum Gasteiger partial charge on any atom is 0.255 e. The first-order valence-electron chi connectivity index (χ1n) is 12.2. The van der Waals surface area contributed by atoms with Gasteiger partial charge in [-0.2, -0.15) is 0 Å². The fourth-order valence-corrected chi connectivity index (χ4v) is 3.73. The second kappa shape index (κ2) is 12.5. The van der Waals surface area contributed by atoms with Crippen molar-refractivity contribution in [2.75, 3.05) is 31.3 Å². The largest absolute Gasteiger partial charge is 0.323 e. The molecule has 2 aromatic heterocycles. The van der Waals surface area contributed by atoms with Crippen LogP contribution in [-0.4, -0.2) is 52.3 Å². The number of nitrogens with one attached hydrogen (secondary N) is 2. The van der Waals surface area contributed by atoms with Crippen LogP contribution in [0.2, 0.25) is 0 Å². The van der Waals surface area contributed by atoms with E-state index in [0.717, 1.165) is 22.4 Å². The second-order valence-electron chi connectivity index (χ2n) is 9.10. The van der Waals surface area contributed by atoms with Crippen molar-refractivity contribution in [1.29, 1.82) is 0 Å². The number of aryl methyl sites for hydroxylation is 1. The SMILES string of the molecule is Cc1ccc(NC(=O)c2ccc(NC(=O)/C=C/CN(C)C)cc2)cc1Cc1nccc(-c2cccnc2)n1. The summed E-state index contributed by atoms with van der Waals surface area (Å²) in [6.07, 6.45) is 9.07. The van der Waals surface area contributed by atoms with Gasteiger partial charge in [0.25, 0.3) is 5.91 Å². The number of hydrogen-bond donors (Lipinski definition) is 2. The molecule has 0 bridgehead atoms. The zero-order chi connectivity index (χ0) is 26.9. The number of nitrogens with zero attached hydrogens (tertiary/aromatic N) is 4. The second-order valence-corrected chi connectivity index (χ2v) is 9.10. The van der Waals surface area contributed by atoms with Gasteiger partial charge in [0.05, 0.1) is 5.69 Å². The Morgan fingerprint density at radius 1 is 0.947 bits per heavy atom. The molecular formula is C30H30N6O2. The molecule has 0 spiro atoms. The summed E-state index contributed by atoms with van der Waals surface area (Å²) in [5.74, 6) is 0.233. The summed E-state index contributed by atoms with van der Waals surface area (Å²) in [4.78, 5) is 40.1. The molecule has 2 amide bonds. The third-order valence-electron chi connectivity index (χ3n) is 5.77. The Labute approximate surface area is 222 Å². The molecule has 0 radical (unpaired) electrons. The molecule has 2 N–H and O–H groups in total. The van der Waals surface area contributed by atoms with E-state index in [0.29, 0.717) is 35.7 Å². The van der Waals surface area contributed by atoms with Crippen LogP contribution in [0.1, 0.15) is 27.3 Å². The Balaban J connectivity index is 1.40. The van der Waals surface area contributed by atoms with Gasteiger partial charge < -0.3 is 15.5 Å². The summed E-state index contributed by atoms with van der Waals surface area (Å²) >= 11 is 0. The zero-order valence-electron chi connectivity index (χ0n) is 21.7. The van der Waals surface area contributed by atoms with Gasteiger partial charge in [-0.3, -0.25) is 14.6 Å². The lowest BCUT2D eigenvalue weighted by molar-refractivity contribution is -0.111. The summed E-state index contributed by atoms with van der Waals surface area (Å²) in [7, 11) is 3.86. The minimum atomic E-state index is -0.238. The molecule has 8 heteroatoms. The van der Waals surface area contributed by atoms with E-state index in [4.69, 9.17) is 4.98 Å². The van der Waals surface area contributed by atoms with E-state index in [1.54, 1.807) is 48.9 Å². The molecule has 0 saturated carbocycles. The van der Waals surface area contributed by atoms with Gasteiger partial charge in [0.2, 0.25) is 5.91 Å². The molecule has 2 heterocycles. The van der Waals surface area contributed by atoms with Crippen molar-refractivity contribution in [2.24, 2.45) is 0 Å². The van der Waals surface area contributed by atoms with Crippen LogP contribution in [0.4, 0.5) is 11.4 Å². The van der Waals surface area contributed by atoms with Crippen LogP contribution in [0.25, 0.3) is 11.3 Å². The molecule has 8 nitrogen and oxygen atoms in total. The van der Waals surface area contributed by atoms with Gasteiger partial charge in [-0.25, -0.2) is 9.97 Å². The number of anilines is 2. The molecule has 4 rings (SSSR count). The predicted octanol–water partition coefficient (Wildman–Crippen LogP) is 4.75. The highest BCUT2D eigenvalue weighted by atomic mass is 16.2. The Kier molecular flexibility index (Phi) is 8.69. The minimum Gasteiger partial charge on any atom is -0.323 e. The molecule has 2 aromatic carbocycles. The lowest BCUT2D eigenvalue weighted by Gasteiger charge is -2.11. The zero-order valence-corrected chi connectivity index (χ0v) is 21.7. The van der Waals surface area contributed by atoms with Crippen molar-refractivity contribution in [1.82, 2.24) is 19.9 Å². The van der Waals surface area contributed by atoms with Crippen molar-refractivity contribution < 1.29 is 9.59 Å². The first-order valence-corrected chi connectivity index (χ1v) is 12.2. The van der Waals surface area contributed by atoms with E-state index < -0.39 is 0 Å². The first kappa shape index (κ1) is 26.4. The van der Waals surface area contributed by atoms with E-state index in [9.17, 15) is 9.59 Å². The number of rotatable bonds is 9. The number of carbonyl (C=O) groups excluding carboxylic acids is 2. The van der Waals surface area contributed by atoms with Gasteiger partial charge in [-0.15, -0.1) is 0 Å². The summed E-state index contributed by atoms with van der Waals surface area (Å²) in [6.45, 7) is 2.70. The van der Waals surface area contributed by atoms with E-state index in [1.807, 2.05) is 62.3 Å². The number of aromatic nitrogens is 3. The lowest BCUT2D eigenvalue weighted by Crippen LogP contribution is -2.14. The topological polar surface area (TPSA) is 100 Å². The molecule has 0 aliphatic rings. The van der Waals surface area contributed by atoms with Crippen molar-refractivity contribution in [3.8, 4) is 11.3 Å². The van der Waals surface area contributed by atoms with E-state index in [2.05, 4.69) is 20.6 Å². The Morgan fingerprint density at radius 2 is 1.74 bits per heavy atom. The molecule has 38 heavy (non-hydrogen) atoms. The number of hydrogen-bond acceptors (Lipinski definition) is 6. The minimum absolute atomic E-state index is 0.216. The summed E-state index contributed by atoms with van der Waals surface area (Å²) in [5.41, 5.74) is 5.63. The molecule has 0 atom stereocenters. The summed E-state index contributed by atoms with van der Waals surface area (Å²) in [6, 6.07) is 18.3. The predicted molar refractivity (Wildman–Crippen MR) is 150 cm³/mol. The standard InChI is InChI=1S/C30H30N6O2/c1-21-8-11-26(18-24(21)19-28-32-16-14-27(35-28)23-6-4-15-31-20-23)34-30(38)22-9-12-25(13-10-22)33-29(37)7-5-17-36(2)3/h4-16,18,20H,17,19H2,1-3H3,(H,33,37)(H,34,38)/b7-5+. The van der Waals surface area contributed by atoms with Crippen LogP contribution in [-0.2, 0) is 11.2 Å². The summed E-state index contributed by atoms with van der Waals surface area (Å²) < 4.78 is 0. The molecule has 0 saturated heterocycles. The van der Waals surface area contributed by atoms with Crippen LogP contribution < -0.4 is 10.6 Å². The number of amides is 2. The van der Waals surface area contributed by atoms with E-state index in [1.165, 1.54) is 6.08 Å². The fraction of sp³-hybridized carbons (Fsp3) is 0.167. The van der Waals surface area contributed by atoms with E-state index in [-0.39, 0.29) is 11.8 Å². The van der Waals surface area contributed by atoms with Gasteiger partial charge in [0.15, 0.2) is 0 Å². The summed E-state index contributed by atoms with van der Waals surface area (Å²) in [5, 5.41) is 5.75. The van der Waals surface area contributed by atoms with Crippen molar-refractivity contribution in [3.63, 3.8) is 0 Å². The molecule has 0 aliphatic carbocycles. The van der Waals surface area contributed by atoms with Crippen molar-refractivity contribution >= 4 is 23.2 Å². The smallest absolute Gasteiger partial charge is 0.255 e. The first-order chi connectivity index (χ1) is 18.4. The molecule has 0 unspecified atom stereocenters. The van der Waals surface area contributed by atoms with E-state index >= 15 is 0 Å². The number of likely N-dealkylation sites (N-methyl/N-ethyl adjacent to an activating group) is 1. The number of benzene rings is 2. The van der Waals surface area contributed by atoms with Gasteiger partial charge in [0.1, 0.15) is 5.82 Å². The number of carbonyl (C=O) groups is 2. The van der Waals surface area contributed by atoms with Gasteiger partial charge >= 0.3 is 0 Å². The highest BCUT2D eigenvalue weighted by Gasteiger charge is 2.10. The quantitative estimate of drug-likeness (QED) is 0.318. The average Bonchev–Trinajstić information content (AvgIpc) is 2.91. The molecule has 0 fully saturated rings. The molecule has 0 aliphatic heterocycles. The molecule has 4 aromatic rings. The highest BCUT2D eigenvalue weighted by Crippen LogP contribution is 2.21. The van der Waals surface area contributed by atoms with Crippen LogP contribution in [0.5, 0.6) is 0 Å². The number of pyridine rings is 1. The fourth-order valence-electron chi connectivity index (χ4n) is 3.73. The maximum absolute atomic E-state index is 12.9. The molecular weight excluding hydrogens is 476 g/mol. The third-order valence-corrected chi connectivity index (χ3v) is 5.77. The Morgan fingerprint density at radius 3 is 2.47 bits per heavy atom.